The van der Waals surface area contributed by atoms with E-state index in [9.17, 15) is 27.6 Å². The predicted molar refractivity (Wildman–Crippen MR) is 203 cm³/mol. The molecule has 2 aromatic heterocycles. The molecule has 3 aliphatic rings. The van der Waals surface area contributed by atoms with Crippen molar-refractivity contribution in [3.63, 3.8) is 0 Å². The average Bonchev–Trinajstić information content (AvgIpc) is 4.00. The smallest absolute Gasteiger partial charge is 0.237 e. The van der Waals surface area contributed by atoms with Crippen LogP contribution in [0.3, 0.4) is 0 Å². The van der Waals surface area contributed by atoms with Crippen molar-refractivity contribution in [2.24, 2.45) is 29.4 Å². The van der Waals surface area contributed by atoms with Crippen molar-refractivity contribution in [2.75, 3.05) is 20.7 Å². The summed E-state index contributed by atoms with van der Waals surface area (Å²) in [6.45, 7) is 6.80. The lowest BCUT2D eigenvalue weighted by molar-refractivity contribution is -0.139. The number of carbonyl (C=O) groups excluding carboxylic acids is 3. The first-order chi connectivity index (χ1) is 24.7. The Labute approximate surface area is 309 Å². The van der Waals surface area contributed by atoms with Gasteiger partial charge in [-0.2, -0.15) is 0 Å². The third kappa shape index (κ3) is 9.49. The number of aryl methyl sites for hydroxylation is 1. The van der Waals surface area contributed by atoms with Crippen LogP contribution in [0.2, 0.25) is 0 Å². The van der Waals surface area contributed by atoms with Crippen LogP contribution in [0.4, 0.5) is 0 Å². The number of aromatic nitrogens is 2. The van der Waals surface area contributed by atoms with E-state index in [1.165, 1.54) is 0 Å². The van der Waals surface area contributed by atoms with Crippen molar-refractivity contribution < 1.29 is 27.5 Å². The van der Waals surface area contributed by atoms with Gasteiger partial charge in [0.2, 0.25) is 27.7 Å². The van der Waals surface area contributed by atoms with Crippen LogP contribution in [0.1, 0.15) is 88.8 Å². The number of primary amides is 1. The fourth-order valence-corrected chi connectivity index (χ4v) is 9.04. The van der Waals surface area contributed by atoms with Crippen LogP contribution >= 0.6 is 11.3 Å². The van der Waals surface area contributed by atoms with Crippen molar-refractivity contribution >= 4 is 50.0 Å². The van der Waals surface area contributed by atoms with E-state index in [0.29, 0.717) is 43.5 Å². The first-order valence-corrected chi connectivity index (χ1v) is 20.6. The molecule has 0 aliphatic heterocycles. The Bertz CT molecular complexity index is 1980. The molecule has 3 amide bonds. The molecule has 14 heteroatoms. The van der Waals surface area contributed by atoms with Gasteiger partial charge < -0.3 is 20.4 Å². The number of unbranched alkanes of at least 4 members (excludes halogenated alkanes) is 2. The maximum atomic E-state index is 12.5. The zero-order chi connectivity index (χ0) is 37.7. The lowest BCUT2D eigenvalue weighted by Crippen LogP contribution is -2.39. The number of rotatable bonds is 14. The van der Waals surface area contributed by atoms with Crippen molar-refractivity contribution in [3.8, 4) is 16.5 Å². The lowest BCUT2D eigenvalue weighted by atomic mass is 9.94. The summed E-state index contributed by atoms with van der Waals surface area (Å²) in [7, 11) is -0.0523. The van der Waals surface area contributed by atoms with E-state index < -0.39 is 10.0 Å². The average molecular weight is 754 g/mol. The van der Waals surface area contributed by atoms with Gasteiger partial charge in [0, 0.05) is 53.7 Å². The fourth-order valence-electron chi connectivity index (χ4n) is 6.73. The van der Waals surface area contributed by atoms with E-state index in [2.05, 4.69) is 28.5 Å². The number of pyridine rings is 1. The Morgan fingerprint density at radius 1 is 1.13 bits per heavy atom. The molecule has 0 saturated heterocycles. The zero-order valence-electron chi connectivity index (χ0n) is 30.6. The minimum Gasteiger partial charge on any atom is -0.496 e. The summed E-state index contributed by atoms with van der Waals surface area (Å²) >= 11 is 1.55. The lowest BCUT2D eigenvalue weighted by Gasteiger charge is -2.23. The molecule has 6 rings (SSSR count). The number of nitrogens with one attached hydrogen (secondary N) is 2. The number of carbonyl (C=O) groups is 3. The summed E-state index contributed by atoms with van der Waals surface area (Å²) < 4.78 is 31.2. The van der Waals surface area contributed by atoms with Crippen molar-refractivity contribution in [2.45, 2.75) is 89.7 Å². The molecule has 12 nitrogen and oxygen atoms in total. The van der Waals surface area contributed by atoms with Crippen LogP contribution in [0.25, 0.3) is 21.6 Å². The minimum absolute atomic E-state index is 0.00389. The highest BCUT2D eigenvalue weighted by molar-refractivity contribution is 7.90. The summed E-state index contributed by atoms with van der Waals surface area (Å²) in [5.74, 6) is -0.305. The Balaban J connectivity index is 0.000000210. The number of ether oxygens (including phenoxy) is 1. The van der Waals surface area contributed by atoms with Gasteiger partial charge in [-0.3, -0.25) is 23.9 Å². The van der Waals surface area contributed by atoms with Gasteiger partial charge in [-0.1, -0.05) is 32.4 Å². The van der Waals surface area contributed by atoms with Gasteiger partial charge in [-0.15, -0.1) is 11.3 Å². The molecular weight excluding hydrogens is 703 g/mol. The number of nitrogens with two attached hydrogens (primary N) is 1. The van der Waals surface area contributed by atoms with Crippen molar-refractivity contribution in [1.29, 1.82) is 0 Å². The standard InChI is InChI=1S/C21H33N3O5S.C17H18N2O2S/c1-24(21(27)17-9-6-8-16(17)19(22)25)12-5-3-2-4-7-14-13-18(14)20(26)23-30(28,29)15-10-11-15;1-9(2)13-8-22-17(19-13)12-7-14(20)11-5-6-15(21-4)10(3)16(11)18-12/h4,7,14-18H,2-3,5-6,8-13H2,1H3,(H2,22,25)(H,23,26);5-9H,1-4H3,(H,18,20)/t14?,16?,17-,18?;/m1./s1. The molecule has 52 heavy (non-hydrogen) atoms. The van der Waals surface area contributed by atoms with E-state index in [4.69, 9.17) is 10.5 Å². The molecule has 1 aromatic carbocycles. The molecule has 3 aromatic rings. The SMILES string of the molecule is CN(CCCCC=CC1CC1C(=O)NS(=O)(=O)C1CC1)C(=O)[C@@H]1CCCC1C(N)=O.COc1ccc2c(=O)cc(-c3nc(C(C)C)cs3)[nH]c2c1C. The van der Waals surface area contributed by atoms with Gasteiger partial charge in [0.1, 0.15) is 10.8 Å². The van der Waals surface area contributed by atoms with Gasteiger partial charge in [0.25, 0.3) is 0 Å². The summed E-state index contributed by atoms with van der Waals surface area (Å²) in [5.41, 5.74) is 8.95. The van der Waals surface area contributed by atoms with E-state index in [0.717, 1.165) is 65.3 Å². The van der Waals surface area contributed by atoms with Crippen LogP contribution in [-0.2, 0) is 24.4 Å². The summed E-state index contributed by atoms with van der Waals surface area (Å²) in [6, 6.07) is 5.25. The van der Waals surface area contributed by atoms with Gasteiger partial charge in [-0.05, 0) is 82.3 Å². The number of allylic oxidation sites excluding steroid dienone is 2. The second-order valence-corrected chi connectivity index (χ2v) is 17.4. The predicted octanol–water partition coefficient (Wildman–Crippen LogP) is 5.41. The number of sulfonamides is 1. The van der Waals surface area contributed by atoms with Crippen LogP contribution in [0.15, 0.2) is 40.5 Å². The summed E-state index contributed by atoms with van der Waals surface area (Å²) in [6.07, 6.45) is 10.9. The largest absolute Gasteiger partial charge is 0.496 e. The normalized spacial score (nSPS) is 21.2. The van der Waals surface area contributed by atoms with Crippen LogP contribution in [0, 0.1) is 30.6 Å². The molecule has 4 atom stereocenters. The maximum Gasteiger partial charge on any atom is 0.237 e. The number of fused-ring (bicyclic) bond motifs is 1. The third-order valence-corrected chi connectivity index (χ3v) is 13.0. The van der Waals surface area contributed by atoms with Gasteiger partial charge in [0.05, 0.1) is 29.3 Å². The number of hydrogen-bond acceptors (Lipinski definition) is 9. The van der Waals surface area contributed by atoms with Gasteiger partial charge >= 0.3 is 0 Å². The number of thiazole rings is 1. The van der Waals surface area contributed by atoms with E-state index in [-0.39, 0.29) is 52.1 Å². The fraction of sp³-hybridized carbons (Fsp3) is 0.553. The Kier molecular flexibility index (Phi) is 12.6. The number of aromatic amines is 1. The Morgan fingerprint density at radius 3 is 2.52 bits per heavy atom. The van der Waals surface area contributed by atoms with E-state index in [1.807, 2.05) is 30.5 Å². The number of methoxy groups -OCH3 is 1. The number of hydrogen-bond donors (Lipinski definition) is 3. The highest BCUT2D eigenvalue weighted by atomic mass is 32.2. The maximum absolute atomic E-state index is 12.5. The number of amides is 3. The molecule has 0 radical (unpaired) electrons. The molecule has 282 valence electrons. The molecule has 3 aliphatic carbocycles. The number of H-pyrrole nitrogens is 1. The molecule has 2 heterocycles. The third-order valence-electron chi connectivity index (χ3n) is 10.2. The second-order valence-electron chi connectivity index (χ2n) is 14.5. The van der Waals surface area contributed by atoms with E-state index in [1.54, 1.807) is 42.5 Å². The van der Waals surface area contributed by atoms with Crippen LogP contribution in [-0.4, -0.2) is 67.0 Å². The molecule has 4 N–H and O–H groups in total. The van der Waals surface area contributed by atoms with Crippen LogP contribution in [0.5, 0.6) is 5.75 Å². The molecule has 3 unspecified atom stereocenters. The Morgan fingerprint density at radius 2 is 1.87 bits per heavy atom. The molecule has 0 bridgehead atoms. The molecular formula is C38H51N5O7S2. The topological polar surface area (TPSA) is 182 Å². The first-order valence-electron chi connectivity index (χ1n) is 18.1. The second kappa shape index (κ2) is 16.7. The number of benzene rings is 1. The van der Waals surface area contributed by atoms with Crippen LogP contribution < -0.4 is 20.6 Å². The Hall–Kier alpha value is -4.04. The van der Waals surface area contributed by atoms with E-state index >= 15 is 0 Å². The quantitative estimate of drug-likeness (QED) is 0.144. The van der Waals surface area contributed by atoms with Gasteiger partial charge in [0.15, 0.2) is 5.43 Å². The summed E-state index contributed by atoms with van der Waals surface area (Å²) in [4.78, 5) is 58.1. The molecule has 3 saturated carbocycles. The minimum atomic E-state index is -3.46. The van der Waals surface area contributed by atoms with Crippen molar-refractivity contribution in [1.82, 2.24) is 19.6 Å². The molecule has 0 spiro atoms. The van der Waals surface area contributed by atoms with Gasteiger partial charge in [-0.25, -0.2) is 13.4 Å². The highest BCUT2D eigenvalue weighted by Crippen LogP contribution is 2.40. The first kappa shape index (κ1) is 39.2. The monoisotopic (exact) mass is 753 g/mol. The molecule has 3 fully saturated rings. The zero-order valence-corrected chi connectivity index (χ0v) is 32.3. The highest BCUT2D eigenvalue weighted by Gasteiger charge is 2.45. The summed E-state index contributed by atoms with van der Waals surface area (Å²) in [5, 5.41) is 3.17. The van der Waals surface area contributed by atoms with Crippen molar-refractivity contribution in [3.05, 3.63) is 57.2 Å². The number of nitrogens with zero attached hydrogens (tertiary/aromatic N) is 2.